The second-order valence-electron chi connectivity index (χ2n) is 5.93. The number of anilines is 1. The van der Waals surface area contributed by atoms with Crippen molar-refractivity contribution in [2.24, 2.45) is 11.1 Å². The summed E-state index contributed by atoms with van der Waals surface area (Å²) in [5.41, 5.74) is 6.35. The van der Waals surface area contributed by atoms with Crippen LogP contribution in [-0.4, -0.2) is 16.8 Å². The van der Waals surface area contributed by atoms with Crippen LogP contribution in [0, 0.1) is 5.41 Å². The van der Waals surface area contributed by atoms with E-state index in [2.05, 4.69) is 0 Å². The molecule has 1 aliphatic heterocycles. The summed E-state index contributed by atoms with van der Waals surface area (Å²) in [4.78, 5) is 26.9. The molecule has 1 heterocycles. The SMILES string of the molecule is NC(=S)c1ccccc1N1C(=O)CC2(CCCCC2)C1=O. The van der Waals surface area contributed by atoms with Crippen molar-refractivity contribution in [3.63, 3.8) is 0 Å². The van der Waals surface area contributed by atoms with Crippen molar-refractivity contribution in [1.82, 2.24) is 0 Å². The Hall–Kier alpha value is -1.75. The monoisotopic (exact) mass is 302 g/mol. The molecule has 110 valence electrons. The zero-order valence-electron chi connectivity index (χ0n) is 11.8. The van der Waals surface area contributed by atoms with Crippen LogP contribution >= 0.6 is 12.2 Å². The summed E-state index contributed by atoms with van der Waals surface area (Å²) in [6, 6.07) is 7.10. The van der Waals surface area contributed by atoms with E-state index in [1.54, 1.807) is 24.3 Å². The first-order valence-corrected chi connectivity index (χ1v) is 7.72. The Kier molecular flexibility index (Phi) is 3.53. The number of hydrogen-bond donors (Lipinski definition) is 1. The van der Waals surface area contributed by atoms with E-state index in [0.29, 0.717) is 17.7 Å². The van der Waals surface area contributed by atoms with E-state index in [-0.39, 0.29) is 16.8 Å². The molecule has 0 radical (unpaired) electrons. The van der Waals surface area contributed by atoms with Crippen LogP contribution in [0.5, 0.6) is 0 Å². The lowest BCUT2D eigenvalue weighted by atomic mass is 9.73. The molecule has 1 aromatic carbocycles. The fourth-order valence-corrected chi connectivity index (χ4v) is 3.71. The molecule has 0 aromatic heterocycles. The summed E-state index contributed by atoms with van der Waals surface area (Å²) in [5, 5.41) is 0. The molecule has 2 fully saturated rings. The van der Waals surface area contributed by atoms with Gasteiger partial charge in [0.15, 0.2) is 0 Å². The third kappa shape index (κ3) is 2.25. The van der Waals surface area contributed by atoms with Gasteiger partial charge in [0.1, 0.15) is 4.99 Å². The number of hydrogen-bond acceptors (Lipinski definition) is 3. The number of carbonyl (C=O) groups excluding carboxylic acids is 2. The lowest BCUT2D eigenvalue weighted by molar-refractivity contribution is -0.127. The fraction of sp³-hybridized carbons (Fsp3) is 0.438. The Morgan fingerprint density at radius 1 is 1.14 bits per heavy atom. The molecule has 2 aliphatic rings. The molecule has 1 spiro atoms. The summed E-state index contributed by atoms with van der Waals surface area (Å²) in [6.07, 6.45) is 5.12. The van der Waals surface area contributed by atoms with Crippen LogP contribution in [0.4, 0.5) is 5.69 Å². The molecule has 1 aliphatic carbocycles. The van der Waals surface area contributed by atoms with Gasteiger partial charge in [-0.2, -0.15) is 0 Å². The van der Waals surface area contributed by atoms with Crippen LogP contribution in [0.3, 0.4) is 0 Å². The van der Waals surface area contributed by atoms with Gasteiger partial charge in [0.2, 0.25) is 11.8 Å². The zero-order chi connectivity index (χ0) is 15.0. The normalized spacial score (nSPS) is 21.0. The molecule has 5 heteroatoms. The van der Waals surface area contributed by atoms with Crippen molar-refractivity contribution in [2.75, 3.05) is 4.90 Å². The largest absolute Gasteiger partial charge is 0.389 e. The fourth-order valence-electron chi connectivity index (χ4n) is 3.53. The molecule has 2 amide bonds. The highest BCUT2D eigenvalue weighted by molar-refractivity contribution is 7.80. The standard InChI is InChI=1S/C16H18N2O2S/c17-14(21)11-6-2-3-7-12(11)18-13(19)10-16(15(18)20)8-4-1-5-9-16/h2-3,6-7H,1,4-5,8-10H2,(H2,17,21). The number of benzene rings is 1. The average molecular weight is 302 g/mol. The third-order valence-corrected chi connectivity index (χ3v) is 4.84. The molecule has 1 saturated heterocycles. The summed E-state index contributed by atoms with van der Waals surface area (Å²) in [7, 11) is 0. The summed E-state index contributed by atoms with van der Waals surface area (Å²) < 4.78 is 0. The molecule has 3 rings (SSSR count). The summed E-state index contributed by atoms with van der Waals surface area (Å²) in [5.74, 6) is -0.207. The minimum Gasteiger partial charge on any atom is -0.389 e. The minimum atomic E-state index is -0.487. The van der Waals surface area contributed by atoms with Crippen molar-refractivity contribution in [3.05, 3.63) is 29.8 Å². The van der Waals surface area contributed by atoms with Crippen molar-refractivity contribution in [3.8, 4) is 0 Å². The summed E-state index contributed by atoms with van der Waals surface area (Å²) in [6.45, 7) is 0. The average Bonchev–Trinajstić information content (AvgIpc) is 2.70. The molecule has 0 bridgehead atoms. The van der Waals surface area contributed by atoms with Crippen molar-refractivity contribution in [2.45, 2.75) is 38.5 Å². The van der Waals surface area contributed by atoms with E-state index in [1.165, 1.54) is 4.90 Å². The molecule has 2 N–H and O–H groups in total. The van der Waals surface area contributed by atoms with E-state index in [1.807, 2.05) is 0 Å². The highest BCUT2D eigenvalue weighted by Crippen LogP contribution is 2.46. The van der Waals surface area contributed by atoms with E-state index in [4.69, 9.17) is 18.0 Å². The Balaban J connectivity index is 2.02. The molecule has 1 saturated carbocycles. The maximum Gasteiger partial charge on any atom is 0.240 e. The first-order valence-electron chi connectivity index (χ1n) is 7.31. The maximum absolute atomic E-state index is 12.9. The highest BCUT2D eigenvalue weighted by atomic mass is 32.1. The van der Waals surface area contributed by atoms with Crippen molar-refractivity contribution >= 4 is 34.7 Å². The molecule has 1 aromatic rings. The van der Waals surface area contributed by atoms with Gasteiger partial charge < -0.3 is 5.73 Å². The van der Waals surface area contributed by atoms with Crippen LogP contribution in [0.2, 0.25) is 0 Å². The topological polar surface area (TPSA) is 63.4 Å². The van der Waals surface area contributed by atoms with Crippen LogP contribution in [0.1, 0.15) is 44.1 Å². The van der Waals surface area contributed by atoms with Gasteiger partial charge in [0.25, 0.3) is 0 Å². The predicted molar refractivity (Wildman–Crippen MR) is 85.0 cm³/mol. The number of thiocarbonyl (C=S) groups is 1. The Morgan fingerprint density at radius 3 is 2.48 bits per heavy atom. The molecule has 4 nitrogen and oxygen atoms in total. The second-order valence-corrected chi connectivity index (χ2v) is 6.37. The molecule has 21 heavy (non-hydrogen) atoms. The van der Waals surface area contributed by atoms with Gasteiger partial charge in [-0.1, -0.05) is 43.6 Å². The molecule has 0 atom stereocenters. The predicted octanol–water partition coefficient (Wildman–Crippen LogP) is 2.53. The first kappa shape index (κ1) is 14.2. The lowest BCUT2D eigenvalue weighted by Crippen LogP contribution is -2.37. The zero-order valence-corrected chi connectivity index (χ0v) is 12.6. The number of para-hydroxylation sites is 1. The van der Waals surface area contributed by atoms with Crippen LogP contribution in [-0.2, 0) is 9.59 Å². The number of amides is 2. The van der Waals surface area contributed by atoms with Crippen LogP contribution < -0.4 is 10.6 Å². The minimum absolute atomic E-state index is 0.0732. The Bertz CT molecular complexity index is 620. The molecular formula is C16H18N2O2S. The number of nitrogens with zero attached hydrogens (tertiary/aromatic N) is 1. The molecule has 0 unspecified atom stereocenters. The summed E-state index contributed by atoms with van der Waals surface area (Å²) >= 11 is 5.04. The van der Waals surface area contributed by atoms with Crippen LogP contribution in [0.25, 0.3) is 0 Å². The Morgan fingerprint density at radius 2 is 1.81 bits per heavy atom. The van der Waals surface area contributed by atoms with E-state index < -0.39 is 5.41 Å². The van der Waals surface area contributed by atoms with E-state index >= 15 is 0 Å². The van der Waals surface area contributed by atoms with E-state index in [0.717, 1.165) is 32.1 Å². The Labute approximate surface area is 129 Å². The third-order valence-electron chi connectivity index (χ3n) is 4.62. The number of carbonyl (C=O) groups is 2. The number of nitrogens with two attached hydrogens (primary N) is 1. The van der Waals surface area contributed by atoms with Gasteiger partial charge in [-0.25, -0.2) is 4.90 Å². The lowest BCUT2D eigenvalue weighted by Gasteiger charge is -2.30. The number of imide groups is 1. The van der Waals surface area contributed by atoms with Crippen LogP contribution in [0.15, 0.2) is 24.3 Å². The first-order chi connectivity index (χ1) is 10.1. The van der Waals surface area contributed by atoms with Crippen molar-refractivity contribution in [1.29, 1.82) is 0 Å². The van der Waals surface area contributed by atoms with Gasteiger partial charge in [-0.3, -0.25) is 9.59 Å². The van der Waals surface area contributed by atoms with Gasteiger partial charge in [0.05, 0.1) is 11.1 Å². The quantitative estimate of drug-likeness (QED) is 0.673. The molecular weight excluding hydrogens is 284 g/mol. The highest BCUT2D eigenvalue weighted by Gasteiger charge is 2.52. The smallest absolute Gasteiger partial charge is 0.240 e. The van der Waals surface area contributed by atoms with Gasteiger partial charge in [-0.05, 0) is 25.0 Å². The maximum atomic E-state index is 12.9. The number of rotatable bonds is 2. The van der Waals surface area contributed by atoms with Gasteiger partial charge in [-0.15, -0.1) is 0 Å². The van der Waals surface area contributed by atoms with Crippen molar-refractivity contribution < 1.29 is 9.59 Å². The second kappa shape index (κ2) is 5.22. The van der Waals surface area contributed by atoms with Gasteiger partial charge >= 0.3 is 0 Å². The van der Waals surface area contributed by atoms with Gasteiger partial charge in [0, 0.05) is 12.0 Å². The van der Waals surface area contributed by atoms with E-state index in [9.17, 15) is 9.59 Å².